The number of hydrogen-bond acceptors (Lipinski definition) is 4. The van der Waals surface area contributed by atoms with Crippen molar-refractivity contribution in [2.24, 2.45) is 5.92 Å². The van der Waals surface area contributed by atoms with Gasteiger partial charge < -0.3 is 10.1 Å². The Morgan fingerprint density at radius 3 is 2.88 bits per heavy atom. The molecule has 0 saturated carbocycles. The quantitative estimate of drug-likeness (QED) is 0.841. The van der Waals surface area contributed by atoms with Crippen LogP contribution in [0.25, 0.3) is 0 Å². The van der Waals surface area contributed by atoms with Crippen LogP contribution in [-0.4, -0.2) is 22.6 Å². The summed E-state index contributed by atoms with van der Waals surface area (Å²) >= 11 is 0. The van der Waals surface area contributed by atoms with Crippen molar-refractivity contribution >= 4 is 0 Å². The molecule has 1 aromatic rings. The van der Waals surface area contributed by atoms with E-state index in [1.807, 2.05) is 0 Å². The summed E-state index contributed by atoms with van der Waals surface area (Å²) in [5.74, 6) is 1.24. The maximum atomic E-state index is 5.88. The molecule has 4 nitrogen and oxygen atoms in total. The maximum absolute atomic E-state index is 5.88. The molecule has 1 aliphatic rings. The number of ether oxygens (including phenoxy) is 1. The van der Waals surface area contributed by atoms with Crippen LogP contribution in [-0.2, 0) is 13.0 Å². The van der Waals surface area contributed by atoms with Crippen LogP contribution in [0.15, 0.2) is 6.33 Å². The fraction of sp³-hybridized carbons (Fsp3) is 0.667. The lowest BCUT2D eigenvalue weighted by atomic mass is 10.1. The van der Waals surface area contributed by atoms with Crippen molar-refractivity contribution in [3.05, 3.63) is 17.6 Å². The first-order valence-electron chi connectivity index (χ1n) is 5.88. The lowest BCUT2D eigenvalue weighted by molar-refractivity contribution is 0.160. The molecule has 1 aromatic heterocycles. The van der Waals surface area contributed by atoms with Crippen LogP contribution in [0.2, 0.25) is 0 Å². The minimum Gasteiger partial charge on any atom is -0.474 e. The zero-order valence-electron chi connectivity index (χ0n) is 10.2. The van der Waals surface area contributed by atoms with Crippen LogP contribution in [0.3, 0.4) is 0 Å². The van der Waals surface area contributed by atoms with Gasteiger partial charge in [-0.05, 0) is 12.8 Å². The molecule has 0 bridgehead atoms. The molecule has 0 aromatic carbocycles. The van der Waals surface area contributed by atoms with E-state index in [9.17, 15) is 0 Å². The minimum absolute atomic E-state index is 0.181. The number of nitrogens with one attached hydrogen (secondary N) is 1. The highest BCUT2D eigenvalue weighted by Gasteiger charge is 2.18. The van der Waals surface area contributed by atoms with Crippen LogP contribution >= 0.6 is 0 Å². The summed E-state index contributed by atoms with van der Waals surface area (Å²) in [6.45, 7) is 8.18. The molecule has 88 valence electrons. The molecule has 1 N–H and O–H groups in total. The van der Waals surface area contributed by atoms with Crippen molar-refractivity contribution in [2.45, 2.75) is 39.8 Å². The van der Waals surface area contributed by atoms with Crippen LogP contribution in [0.5, 0.6) is 5.88 Å². The van der Waals surface area contributed by atoms with Gasteiger partial charge in [-0.1, -0.05) is 13.8 Å². The first-order chi connectivity index (χ1) is 7.68. The zero-order valence-corrected chi connectivity index (χ0v) is 10.2. The van der Waals surface area contributed by atoms with E-state index < -0.39 is 0 Å². The van der Waals surface area contributed by atoms with Gasteiger partial charge in [-0.15, -0.1) is 0 Å². The maximum Gasteiger partial charge on any atom is 0.221 e. The smallest absolute Gasteiger partial charge is 0.221 e. The van der Waals surface area contributed by atoms with Gasteiger partial charge in [0, 0.05) is 25.1 Å². The average molecular weight is 221 g/mol. The molecule has 16 heavy (non-hydrogen) atoms. The topological polar surface area (TPSA) is 47.0 Å². The second-order valence-electron chi connectivity index (χ2n) is 4.60. The summed E-state index contributed by atoms with van der Waals surface area (Å²) in [7, 11) is 0. The molecule has 1 aliphatic heterocycles. The fourth-order valence-corrected chi connectivity index (χ4v) is 1.66. The average Bonchev–Trinajstić information content (AvgIpc) is 2.29. The number of aromatic nitrogens is 2. The van der Waals surface area contributed by atoms with E-state index in [1.54, 1.807) is 6.33 Å². The highest BCUT2D eigenvalue weighted by molar-refractivity contribution is 5.31. The Hall–Kier alpha value is -1.16. The highest BCUT2D eigenvalue weighted by Crippen LogP contribution is 2.22. The van der Waals surface area contributed by atoms with Crippen molar-refractivity contribution < 1.29 is 4.74 Å². The minimum atomic E-state index is 0.181. The van der Waals surface area contributed by atoms with E-state index >= 15 is 0 Å². The second kappa shape index (κ2) is 4.78. The first kappa shape index (κ1) is 11.3. The van der Waals surface area contributed by atoms with E-state index in [-0.39, 0.29) is 6.10 Å². The largest absolute Gasteiger partial charge is 0.474 e. The van der Waals surface area contributed by atoms with Gasteiger partial charge in [0.2, 0.25) is 5.88 Å². The normalized spacial score (nSPS) is 17.0. The Kier molecular flexibility index (Phi) is 3.39. The number of rotatable bonds is 3. The molecule has 0 saturated heterocycles. The van der Waals surface area contributed by atoms with Crippen LogP contribution in [0, 0.1) is 5.92 Å². The van der Waals surface area contributed by atoms with E-state index in [4.69, 9.17) is 4.74 Å². The molecule has 2 rings (SSSR count). The molecule has 1 unspecified atom stereocenters. The Morgan fingerprint density at radius 1 is 1.31 bits per heavy atom. The standard InChI is InChI=1S/C12H19N3O/c1-8(2)9(3)16-12-10-6-13-5-4-11(10)14-7-15-12/h7-9,13H,4-6H2,1-3H3. The molecule has 4 heteroatoms. The summed E-state index contributed by atoms with van der Waals surface area (Å²) in [6, 6.07) is 0. The molecule has 0 radical (unpaired) electrons. The molecular formula is C12H19N3O. The van der Waals surface area contributed by atoms with Gasteiger partial charge in [-0.3, -0.25) is 0 Å². The Balaban J connectivity index is 2.20. The van der Waals surface area contributed by atoms with Gasteiger partial charge >= 0.3 is 0 Å². The van der Waals surface area contributed by atoms with Gasteiger partial charge in [-0.2, -0.15) is 0 Å². The van der Waals surface area contributed by atoms with Gasteiger partial charge in [0.05, 0.1) is 11.8 Å². The molecule has 0 aliphatic carbocycles. The van der Waals surface area contributed by atoms with Crippen LogP contribution in [0.1, 0.15) is 32.0 Å². The van der Waals surface area contributed by atoms with Crippen molar-refractivity contribution in [1.82, 2.24) is 15.3 Å². The predicted molar refractivity (Wildman–Crippen MR) is 62.4 cm³/mol. The van der Waals surface area contributed by atoms with Crippen molar-refractivity contribution in [2.75, 3.05) is 6.54 Å². The summed E-state index contributed by atoms with van der Waals surface area (Å²) in [5, 5.41) is 3.32. The summed E-state index contributed by atoms with van der Waals surface area (Å²) < 4.78 is 5.88. The Labute approximate surface area is 96.4 Å². The molecule has 0 amide bonds. The van der Waals surface area contributed by atoms with Gasteiger partial charge in [0.1, 0.15) is 6.33 Å². The fourth-order valence-electron chi connectivity index (χ4n) is 1.66. The van der Waals surface area contributed by atoms with Crippen LogP contribution < -0.4 is 10.1 Å². The molecule has 2 heterocycles. The summed E-state index contributed by atoms with van der Waals surface area (Å²) in [4.78, 5) is 8.54. The van der Waals surface area contributed by atoms with E-state index in [0.717, 1.165) is 36.6 Å². The summed E-state index contributed by atoms with van der Waals surface area (Å²) in [6.07, 6.45) is 2.75. The lowest BCUT2D eigenvalue weighted by Gasteiger charge is -2.22. The third kappa shape index (κ3) is 2.32. The summed E-state index contributed by atoms with van der Waals surface area (Å²) in [5.41, 5.74) is 2.25. The Morgan fingerprint density at radius 2 is 2.12 bits per heavy atom. The van der Waals surface area contributed by atoms with Crippen molar-refractivity contribution in [3.63, 3.8) is 0 Å². The second-order valence-corrected chi connectivity index (χ2v) is 4.60. The van der Waals surface area contributed by atoms with Crippen molar-refractivity contribution in [3.8, 4) is 5.88 Å². The van der Waals surface area contributed by atoms with E-state index in [2.05, 4.69) is 36.1 Å². The van der Waals surface area contributed by atoms with E-state index in [0.29, 0.717) is 5.92 Å². The zero-order chi connectivity index (χ0) is 11.5. The van der Waals surface area contributed by atoms with Crippen molar-refractivity contribution in [1.29, 1.82) is 0 Å². The third-order valence-corrected chi connectivity index (χ3v) is 3.07. The Bertz CT molecular complexity index is 365. The number of hydrogen-bond donors (Lipinski definition) is 1. The third-order valence-electron chi connectivity index (χ3n) is 3.07. The molecular weight excluding hydrogens is 202 g/mol. The van der Waals surface area contributed by atoms with E-state index in [1.165, 1.54) is 0 Å². The first-order valence-corrected chi connectivity index (χ1v) is 5.88. The number of fused-ring (bicyclic) bond motifs is 1. The van der Waals surface area contributed by atoms with Gasteiger partial charge in [0.25, 0.3) is 0 Å². The molecule has 1 atom stereocenters. The van der Waals surface area contributed by atoms with Crippen LogP contribution in [0.4, 0.5) is 0 Å². The molecule has 0 spiro atoms. The number of nitrogens with zero attached hydrogens (tertiary/aromatic N) is 2. The van der Waals surface area contributed by atoms with Gasteiger partial charge in [0.15, 0.2) is 0 Å². The lowest BCUT2D eigenvalue weighted by Crippen LogP contribution is -2.27. The highest BCUT2D eigenvalue weighted by atomic mass is 16.5. The molecule has 0 fully saturated rings. The van der Waals surface area contributed by atoms with Gasteiger partial charge in [-0.25, -0.2) is 9.97 Å². The monoisotopic (exact) mass is 221 g/mol. The predicted octanol–water partition coefficient (Wildman–Crippen LogP) is 1.55. The SMILES string of the molecule is CC(C)C(C)Oc1ncnc2c1CNCC2.